The molecule has 0 fully saturated rings. The molecule has 20 heavy (non-hydrogen) atoms. The summed E-state index contributed by atoms with van der Waals surface area (Å²) in [4.78, 5) is 22.8. The highest BCUT2D eigenvalue weighted by Gasteiger charge is 2.08. The van der Waals surface area contributed by atoms with Gasteiger partial charge in [-0.1, -0.05) is 6.07 Å². The molecule has 6 nitrogen and oxygen atoms in total. The Balaban J connectivity index is 2.46. The van der Waals surface area contributed by atoms with Gasteiger partial charge in [-0.15, -0.1) is 0 Å². The van der Waals surface area contributed by atoms with Gasteiger partial charge in [-0.2, -0.15) is 0 Å². The number of methoxy groups -OCH3 is 1. The SMILES string of the molecule is CCOC(=O)CCNC(=O)Nc1cc(C)ccc1OC. The lowest BCUT2D eigenvalue weighted by Crippen LogP contribution is -2.31. The lowest BCUT2D eigenvalue weighted by atomic mass is 10.2. The molecule has 1 aromatic carbocycles. The summed E-state index contributed by atoms with van der Waals surface area (Å²) in [7, 11) is 1.54. The Morgan fingerprint density at radius 1 is 1.30 bits per heavy atom. The minimum absolute atomic E-state index is 0.145. The highest BCUT2D eigenvalue weighted by molar-refractivity contribution is 5.91. The maximum absolute atomic E-state index is 11.7. The van der Waals surface area contributed by atoms with Crippen molar-refractivity contribution in [3.8, 4) is 5.75 Å². The molecule has 2 amide bonds. The van der Waals surface area contributed by atoms with Gasteiger partial charge in [0.2, 0.25) is 0 Å². The molecule has 0 aliphatic rings. The van der Waals surface area contributed by atoms with Crippen LogP contribution in [0.5, 0.6) is 5.75 Å². The van der Waals surface area contributed by atoms with Crippen LogP contribution in [0.15, 0.2) is 18.2 Å². The molecule has 0 aliphatic heterocycles. The molecule has 110 valence electrons. The number of aryl methyl sites for hydroxylation is 1. The fraction of sp³-hybridized carbons (Fsp3) is 0.429. The first kappa shape index (κ1) is 15.8. The summed E-state index contributed by atoms with van der Waals surface area (Å²) < 4.78 is 9.92. The molecule has 1 rings (SSSR count). The van der Waals surface area contributed by atoms with Crippen molar-refractivity contribution in [3.05, 3.63) is 23.8 Å². The van der Waals surface area contributed by atoms with Crippen LogP contribution < -0.4 is 15.4 Å². The van der Waals surface area contributed by atoms with E-state index in [1.54, 1.807) is 13.0 Å². The molecule has 1 aromatic rings. The van der Waals surface area contributed by atoms with E-state index in [2.05, 4.69) is 10.6 Å². The number of nitrogens with one attached hydrogen (secondary N) is 2. The van der Waals surface area contributed by atoms with Crippen molar-refractivity contribution in [3.63, 3.8) is 0 Å². The third-order valence-electron chi connectivity index (χ3n) is 2.52. The van der Waals surface area contributed by atoms with Gasteiger partial charge in [-0.25, -0.2) is 4.79 Å². The Morgan fingerprint density at radius 3 is 2.70 bits per heavy atom. The van der Waals surface area contributed by atoms with Crippen LogP contribution in [-0.2, 0) is 9.53 Å². The van der Waals surface area contributed by atoms with Crippen LogP contribution in [0.2, 0.25) is 0 Å². The number of hydrogen-bond donors (Lipinski definition) is 2. The minimum Gasteiger partial charge on any atom is -0.495 e. The Kier molecular flexibility index (Phi) is 6.36. The van der Waals surface area contributed by atoms with Gasteiger partial charge in [0.1, 0.15) is 5.75 Å². The first-order chi connectivity index (χ1) is 9.56. The first-order valence-corrected chi connectivity index (χ1v) is 6.42. The number of hydrogen-bond acceptors (Lipinski definition) is 4. The lowest BCUT2D eigenvalue weighted by molar-refractivity contribution is -0.142. The van der Waals surface area contributed by atoms with Crippen LogP contribution in [0, 0.1) is 6.92 Å². The molecule has 0 aliphatic carbocycles. The van der Waals surface area contributed by atoms with Crippen molar-refractivity contribution >= 4 is 17.7 Å². The summed E-state index contributed by atoms with van der Waals surface area (Å²) >= 11 is 0. The zero-order valence-corrected chi connectivity index (χ0v) is 12.0. The van der Waals surface area contributed by atoms with Crippen molar-refractivity contribution in [1.82, 2.24) is 5.32 Å². The topological polar surface area (TPSA) is 76.7 Å². The van der Waals surface area contributed by atoms with E-state index in [1.165, 1.54) is 7.11 Å². The number of carbonyl (C=O) groups is 2. The number of urea groups is 1. The summed E-state index contributed by atoms with van der Waals surface area (Å²) in [5.74, 6) is 0.247. The summed E-state index contributed by atoms with van der Waals surface area (Å²) in [6.45, 7) is 4.22. The van der Waals surface area contributed by atoms with Crippen LogP contribution >= 0.6 is 0 Å². The van der Waals surface area contributed by atoms with Crippen molar-refractivity contribution in [2.75, 3.05) is 25.6 Å². The zero-order chi connectivity index (χ0) is 15.0. The van der Waals surface area contributed by atoms with E-state index >= 15 is 0 Å². The van der Waals surface area contributed by atoms with Crippen LogP contribution in [-0.4, -0.2) is 32.3 Å². The van der Waals surface area contributed by atoms with E-state index < -0.39 is 6.03 Å². The summed E-state index contributed by atoms with van der Waals surface area (Å²) in [5.41, 5.74) is 1.59. The molecule has 2 N–H and O–H groups in total. The van der Waals surface area contributed by atoms with E-state index in [1.807, 2.05) is 19.1 Å². The Morgan fingerprint density at radius 2 is 2.05 bits per heavy atom. The predicted octanol–water partition coefficient (Wildman–Crippen LogP) is 2.08. The predicted molar refractivity (Wildman–Crippen MR) is 76.0 cm³/mol. The van der Waals surface area contributed by atoms with Gasteiger partial charge in [-0.05, 0) is 31.5 Å². The number of anilines is 1. The van der Waals surface area contributed by atoms with Crippen LogP contribution in [0.25, 0.3) is 0 Å². The van der Waals surface area contributed by atoms with Crippen molar-refractivity contribution < 1.29 is 19.1 Å². The van der Waals surface area contributed by atoms with Gasteiger partial charge in [0, 0.05) is 6.54 Å². The number of ether oxygens (including phenoxy) is 2. The molecule has 0 radical (unpaired) electrons. The Labute approximate surface area is 118 Å². The lowest BCUT2D eigenvalue weighted by Gasteiger charge is -2.11. The maximum Gasteiger partial charge on any atom is 0.319 e. The second kappa shape index (κ2) is 8.04. The number of amides is 2. The molecule has 0 spiro atoms. The summed E-state index contributed by atoms with van der Waals surface area (Å²) in [5, 5.41) is 5.27. The van der Waals surface area contributed by atoms with Crippen molar-refractivity contribution in [2.45, 2.75) is 20.3 Å². The smallest absolute Gasteiger partial charge is 0.319 e. The van der Waals surface area contributed by atoms with Gasteiger partial charge in [-0.3, -0.25) is 4.79 Å². The Hall–Kier alpha value is -2.24. The average molecular weight is 280 g/mol. The van der Waals surface area contributed by atoms with E-state index in [0.29, 0.717) is 18.0 Å². The standard InChI is InChI=1S/C14H20N2O4/c1-4-20-13(17)7-8-15-14(18)16-11-9-10(2)5-6-12(11)19-3/h5-6,9H,4,7-8H2,1-3H3,(H2,15,16,18). The van der Waals surface area contributed by atoms with Gasteiger partial charge >= 0.3 is 12.0 Å². The number of esters is 1. The van der Waals surface area contributed by atoms with Gasteiger partial charge in [0.25, 0.3) is 0 Å². The zero-order valence-electron chi connectivity index (χ0n) is 12.0. The van der Waals surface area contributed by atoms with E-state index in [4.69, 9.17) is 9.47 Å². The molecular weight excluding hydrogens is 260 g/mol. The molecule has 0 saturated carbocycles. The third kappa shape index (κ3) is 5.17. The van der Waals surface area contributed by atoms with Crippen LogP contribution in [0.3, 0.4) is 0 Å². The normalized spacial score (nSPS) is 9.75. The second-order valence-electron chi connectivity index (χ2n) is 4.14. The van der Waals surface area contributed by atoms with E-state index in [-0.39, 0.29) is 18.9 Å². The maximum atomic E-state index is 11.7. The quantitative estimate of drug-likeness (QED) is 0.782. The third-order valence-corrected chi connectivity index (χ3v) is 2.52. The molecule has 0 atom stereocenters. The van der Waals surface area contributed by atoms with Gasteiger partial charge in [0.15, 0.2) is 0 Å². The fourth-order valence-corrected chi connectivity index (χ4v) is 1.60. The minimum atomic E-state index is -0.391. The average Bonchev–Trinajstić information content (AvgIpc) is 2.39. The van der Waals surface area contributed by atoms with Crippen LogP contribution in [0.4, 0.5) is 10.5 Å². The first-order valence-electron chi connectivity index (χ1n) is 6.42. The van der Waals surface area contributed by atoms with Crippen molar-refractivity contribution in [1.29, 1.82) is 0 Å². The number of carbonyl (C=O) groups excluding carboxylic acids is 2. The molecular formula is C14H20N2O4. The Bertz CT molecular complexity index is 474. The van der Waals surface area contributed by atoms with Gasteiger partial charge < -0.3 is 20.1 Å². The molecule has 6 heteroatoms. The summed E-state index contributed by atoms with van der Waals surface area (Å²) in [6.07, 6.45) is 0.145. The molecule has 0 unspecified atom stereocenters. The molecule has 0 saturated heterocycles. The van der Waals surface area contributed by atoms with Crippen LogP contribution in [0.1, 0.15) is 18.9 Å². The number of rotatable bonds is 6. The monoisotopic (exact) mass is 280 g/mol. The largest absolute Gasteiger partial charge is 0.495 e. The second-order valence-corrected chi connectivity index (χ2v) is 4.14. The number of benzene rings is 1. The van der Waals surface area contributed by atoms with Gasteiger partial charge in [0.05, 0.1) is 25.8 Å². The van der Waals surface area contributed by atoms with E-state index in [9.17, 15) is 9.59 Å². The molecule has 0 heterocycles. The van der Waals surface area contributed by atoms with Crippen molar-refractivity contribution in [2.24, 2.45) is 0 Å². The fourth-order valence-electron chi connectivity index (χ4n) is 1.60. The summed E-state index contributed by atoms with van der Waals surface area (Å²) in [6, 6.07) is 5.09. The molecule has 0 bridgehead atoms. The highest BCUT2D eigenvalue weighted by Crippen LogP contribution is 2.24. The van der Waals surface area contributed by atoms with E-state index in [0.717, 1.165) is 5.56 Å². The highest BCUT2D eigenvalue weighted by atomic mass is 16.5. The molecule has 0 aromatic heterocycles.